The third-order valence-electron chi connectivity index (χ3n) is 10.6. The van der Waals surface area contributed by atoms with Crippen LogP contribution in [0.5, 0.6) is 0 Å². The van der Waals surface area contributed by atoms with E-state index in [9.17, 15) is 19.2 Å². The molecule has 0 radical (unpaired) electrons. The SMILES string of the molecule is CC(=O)Nc1ccc(C2=C3C=CC(=N3)C(c3ccc(NC(C)=O)cc3)=C3C=CC(=N3)C(c3ccc(NC(C)=O)cc3)=C3C=CC(=N3)C(c3ccc(NC(C)=O)cc3)=C3C=CC2=N3)cc1. The Hall–Kier alpha value is -8.64. The van der Waals surface area contributed by atoms with E-state index in [1.54, 1.807) is 0 Å². The normalized spacial score (nSPS) is 15.9. The monoisotopic (exact) mass is 840 g/mol. The van der Waals surface area contributed by atoms with E-state index < -0.39 is 0 Å². The van der Waals surface area contributed by atoms with Crippen molar-refractivity contribution in [2.24, 2.45) is 20.0 Å². The summed E-state index contributed by atoms with van der Waals surface area (Å²) in [4.78, 5) is 68.9. The van der Waals surface area contributed by atoms with Crippen molar-refractivity contribution in [1.29, 1.82) is 0 Å². The lowest BCUT2D eigenvalue weighted by atomic mass is 9.98. The van der Waals surface area contributed by atoms with Gasteiger partial charge in [0.1, 0.15) is 0 Å². The summed E-state index contributed by atoms with van der Waals surface area (Å²) >= 11 is 0. The molecule has 4 aromatic rings. The number of anilines is 4. The standard InChI is InChI=1S/C52H40N8O4/c1-29(61)53-37-13-5-33(6-14-37)49-41-21-23-43(57-41)50(34-7-15-38(16-8-34)54-30(2)62)45-25-27-47(59-45)52(36-11-19-40(20-12-36)56-32(4)64)48-28-26-46(60-48)51(44-24-22-42(49)58-44)35-9-17-39(18-10-35)55-31(3)63/h5-28H,1-4H3,(H,53,61)(H,54,62)(H,55,63)(H,56,64). The Morgan fingerprint density at radius 1 is 0.297 bits per heavy atom. The number of benzene rings is 4. The third-order valence-corrected chi connectivity index (χ3v) is 10.6. The Morgan fingerprint density at radius 2 is 0.484 bits per heavy atom. The van der Waals surface area contributed by atoms with Gasteiger partial charge in [0.15, 0.2) is 0 Å². The number of nitrogens with zero attached hydrogens (tertiary/aromatic N) is 4. The molecule has 5 aliphatic heterocycles. The van der Waals surface area contributed by atoms with Crippen molar-refractivity contribution in [1.82, 2.24) is 0 Å². The maximum Gasteiger partial charge on any atom is 0.221 e. The summed E-state index contributed by atoms with van der Waals surface area (Å²) in [6.07, 6.45) is 15.8. The Morgan fingerprint density at radius 3 is 0.656 bits per heavy atom. The highest BCUT2D eigenvalue weighted by atomic mass is 16.2. The summed E-state index contributed by atoms with van der Waals surface area (Å²) in [5.41, 5.74) is 14.4. The molecule has 4 aromatic carbocycles. The van der Waals surface area contributed by atoms with Gasteiger partial charge >= 0.3 is 0 Å². The smallest absolute Gasteiger partial charge is 0.221 e. The molecule has 9 rings (SSSR count). The van der Waals surface area contributed by atoms with Crippen LogP contribution in [0.25, 0.3) is 22.3 Å². The Kier molecular flexibility index (Phi) is 10.8. The molecule has 5 aliphatic rings. The topological polar surface area (TPSA) is 166 Å². The molecule has 312 valence electrons. The molecular formula is C52H40N8O4. The first-order valence-electron chi connectivity index (χ1n) is 20.5. The first-order valence-corrected chi connectivity index (χ1v) is 20.5. The van der Waals surface area contributed by atoms with Crippen molar-refractivity contribution >= 4 is 91.5 Å². The van der Waals surface area contributed by atoms with Crippen LogP contribution in [0.15, 0.2) is 188 Å². The number of amides is 4. The molecule has 64 heavy (non-hydrogen) atoms. The number of rotatable bonds is 8. The number of carbonyl (C=O) groups excluding carboxylic acids is 4. The van der Waals surface area contributed by atoms with Gasteiger partial charge in [-0.25, -0.2) is 20.0 Å². The van der Waals surface area contributed by atoms with Gasteiger partial charge in [0.05, 0.1) is 45.6 Å². The molecule has 0 atom stereocenters. The fourth-order valence-electron chi connectivity index (χ4n) is 7.96. The zero-order valence-electron chi connectivity index (χ0n) is 35.3. The minimum Gasteiger partial charge on any atom is -0.326 e. The van der Waals surface area contributed by atoms with Crippen molar-refractivity contribution in [2.75, 3.05) is 21.3 Å². The fraction of sp³-hybridized carbons (Fsp3) is 0.0769. The molecule has 5 heterocycles. The first-order chi connectivity index (χ1) is 30.9. The quantitative estimate of drug-likeness (QED) is 0.139. The molecule has 8 bridgehead atoms. The molecular weight excluding hydrogens is 801 g/mol. The van der Waals surface area contributed by atoms with Gasteiger partial charge < -0.3 is 21.3 Å². The van der Waals surface area contributed by atoms with Gasteiger partial charge in [0.25, 0.3) is 0 Å². The van der Waals surface area contributed by atoms with Crippen LogP contribution in [-0.2, 0) is 19.2 Å². The summed E-state index contributed by atoms with van der Waals surface area (Å²) in [6.45, 7) is 5.88. The Labute approximate surface area is 369 Å². The molecule has 0 unspecified atom stereocenters. The number of hydrogen-bond acceptors (Lipinski definition) is 8. The second-order valence-corrected chi connectivity index (χ2v) is 15.4. The number of aliphatic imine (C=N–C) groups is 4. The van der Waals surface area contributed by atoms with E-state index in [1.807, 2.05) is 146 Å². The maximum absolute atomic E-state index is 11.9. The van der Waals surface area contributed by atoms with Crippen molar-refractivity contribution in [3.05, 3.63) is 191 Å². The molecule has 0 saturated carbocycles. The van der Waals surface area contributed by atoms with Crippen LogP contribution < -0.4 is 21.3 Å². The van der Waals surface area contributed by atoms with Gasteiger partial charge in [-0.2, -0.15) is 0 Å². The van der Waals surface area contributed by atoms with Gasteiger partial charge in [0, 0.05) is 72.7 Å². The van der Waals surface area contributed by atoms with E-state index in [1.165, 1.54) is 27.7 Å². The molecule has 0 aromatic heterocycles. The second kappa shape index (κ2) is 17.0. The molecule has 4 amide bonds. The number of nitrogens with one attached hydrogen (secondary N) is 4. The summed E-state index contributed by atoms with van der Waals surface area (Å²) in [5, 5.41) is 11.4. The van der Waals surface area contributed by atoms with E-state index in [0.29, 0.717) is 68.4 Å². The first kappa shape index (κ1) is 40.7. The van der Waals surface area contributed by atoms with E-state index in [0.717, 1.165) is 44.5 Å². The van der Waals surface area contributed by atoms with Gasteiger partial charge in [-0.05, 0) is 119 Å². The number of carbonyl (C=O) groups is 4. The predicted molar refractivity (Wildman–Crippen MR) is 257 cm³/mol. The lowest BCUT2D eigenvalue weighted by Crippen LogP contribution is -2.07. The molecule has 12 heteroatoms. The Balaban J connectivity index is 1.30. The molecule has 4 N–H and O–H groups in total. The molecule has 0 aliphatic carbocycles. The van der Waals surface area contributed by atoms with Crippen molar-refractivity contribution in [2.45, 2.75) is 27.7 Å². The van der Waals surface area contributed by atoms with Crippen LogP contribution in [0.3, 0.4) is 0 Å². The van der Waals surface area contributed by atoms with Crippen LogP contribution in [-0.4, -0.2) is 46.5 Å². The average molecular weight is 841 g/mol. The second-order valence-electron chi connectivity index (χ2n) is 15.4. The molecule has 0 fully saturated rings. The van der Waals surface area contributed by atoms with Crippen molar-refractivity contribution < 1.29 is 19.2 Å². The third kappa shape index (κ3) is 8.48. The van der Waals surface area contributed by atoms with Gasteiger partial charge in [-0.15, -0.1) is 0 Å². The summed E-state index contributed by atoms with van der Waals surface area (Å²) < 4.78 is 0. The van der Waals surface area contributed by atoms with Crippen LogP contribution in [0, 0.1) is 0 Å². The number of fused-ring (bicyclic) bond motifs is 4. The highest BCUT2D eigenvalue weighted by Gasteiger charge is 2.28. The van der Waals surface area contributed by atoms with Crippen LogP contribution in [0.4, 0.5) is 22.7 Å². The molecule has 0 spiro atoms. The highest BCUT2D eigenvalue weighted by molar-refractivity contribution is 6.39. The average Bonchev–Trinajstić information content (AvgIpc) is 4.11. The summed E-state index contributed by atoms with van der Waals surface area (Å²) in [7, 11) is 0. The van der Waals surface area contributed by atoms with Gasteiger partial charge in [-0.1, -0.05) is 48.5 Å². The van der Waals surface area contributed by atoms with E-state index in [2.05, 4.69) is 21.3 Å². The minimum atomic E-state index is -0.172. The van der Waals surface area contributed by atoms with Gasteiger partial charge in [0.2, 0.25) is 23.6 Å². The van der Waals surface area contributed by atoms with Crippen LogP contribution in [0.2, 0.25) is 0 Å². The zero-order chi connectivity index (χ0) is 44.5. The molecule has 12 nitrogen and oxygen atoms in total. The van der Waals surface area contributed by atoms with E-state index in [4.69, 9.17) is 20.0 Å². The zero-order valence-corrected chi connectivity index (χ0v) is 35.3. The maximum atomic E-state index is 11.9. The van der Waals surface area contributed by atoms with E-state index >= 15 is 0 Å². The lowest BCUT2D eigenvalue weighted by Gasteiger charge is -2.13. The lowest BCUT2D eigenvalue weighted by molar-refractivity contribution is -0.115. The van der Waals surface area contributed by atoms with Crippen molar-refractivity contribution in [3.63, 3.8) is 0 Å². The van der Waals surface area contributed by atoms with Crippen LogP contribution in [0.1, 0.15) is 49.9 Å². The predicted octanol–water partition coefficient (Wildman–Crippen LogP) is 9.52. The van der Waals surface area contributed by atoms with Gasteiger partial charge in [-0.3, -0.25) is 19.2 Å². The van der Waals surface area contributed by atoms with E-state index in [-0.39, 0.29) is 23.6 Å². The fourth-order valence-corrected chi connectivity index (χ4v) is 7.96. The summed E-state index contributed by atoms with van der Waals surface area (Å²) in [6, 6.07) is 30.3. The largest absolute Gasteiger partial charge is 0.326 e. The Bertz CT molecular complexity index is 2670. The molecule has 0 saturated heterocycles. The number of hydrogen-bond donors (Lipinski definition) is 4. The van der Waals surface area contributed by atoms with Crippen LogP contribution >= 0.6 is 0 Å². The minimum absolute atomic E-state index is 0.172. The highest BCUT2D eigenvalue weighted by Crippen LogP contribution is 2.39. The number of allylic oxidation sites excluding steroid dienone is 12. The summed E-state index contributed by atoms with van der Waals surface area (Å²) in [5.74, 6) is -0.688. The van der Waals surface area contributed by atoms with Crippen molar-refractivity contribution in [3.8, 4) is 0 Å².